The maximum atomic E-state index is 13.5. The molecule has 0 aliphatic carbocycles. The Bertz CT molecular complexity index is 918. The lowest BCUT2D eigenvalue weighted by atomic mass is 10.0. The Kier molecular flexibility index (Phi) is 10.6. The SMILES string of the molecule is C=CCOC[C@H](O)CN(CCOC)CC(=O)N1CCc2sccc2[C@@H]1COc1cccc(C)c1. The van der Waals surface area contributed by atoms with Gasteiger partial charge < -0.3 is 24.2 Å². The molecule has 186 valence electrons. The molecule has 2 aromatic rings. The van der Waals surface area contributed by atoms with Crippen LogP contribution in [0.2, 0.25) is 0 Å². The molecule has 2 atom stereocenters. The summed E-state index contributed by atoms with van der Waals surface area (Å²) in [6, 6.07) is 9.92. The highest BCUT2D eigenvalue weighted by molar-refractivity contribution is 7.10. The Morgan fingerprint density at radius 2 is 2.26 bits per heavy atom. The summed E-state index contributed by atoms with van der Waals surface area (Å²) in [7, 11) is 1.63. The molecule has 1 aliphatic rings. The van der Waals surface area contributed by atoms with Crippen molar-refractivity contribution in [3.63, 3.8) is 0 Å². The number of carbonyl (C=O) groups excluding carboxylic acids is 1. The van der Waals surface area contributed by atoms with E-state index in [2.05, 4.69) is 18.0 Å². The minimum atomic E-state index is -0.699. The van der Waals surface area contributed by atoms with Crippen molar-refractivity contribution in [3.8, 4) is 5.75 Å². The van der Waals surface area contributed by atoms with Crippen molar-refractivity contribution >= 4 is 17.2 Å². The molecule has 1 amide bonds. The highest BCUT2D eigenvalue weighted by Crippen LogP contribution is 2.34. The van der Waals surface area contributed by atoms with Gasteiger partial charge in [-0.1, -0.05) is 18.2 Å². The average molecular weight is 489 g/mol. The van der Waals surface area contributed by atoms with Gasteiger partial charge in [-0.2, -0.15) is 0 Å². The Morgan fingerprint density at radius 1 is 1.41 bits per heavy atom. The number of aliphatic hydroxyl groups is 1. The quantitative estimate of drug-likeness (QED) is 0.326. The number of nitrogens with zero attached hydrogens (tertiary/aromatic N) is 2. The van der Waals surface area contributed by atoms with Crippen LogP contribution in [0.4, 0.5) is 0 Å². The smallest absolute Gasteiger partial charge is 0.237 e. The summed E-state index contributed by atoms with van der Waals surface area (Å²) in [6.45, 7) is 8.81. The molecule has 0 spiro atoms. The fourth-order valence-electron chi connectivity index (χ4n) is 4.13. The van der Waals surface area contributed by atoms with E-state index in [0.717, 1.165) is 17.7 Å². The fraction of sp³-hybridized carbons (Fsp3) is 0.500. The molecular weight excluding hydrogens is 452 g/mol. The number of hydrogen-bond donors (Lipinski definition) is 1. The molecule has 2 heterocycles. The second-order valence-corrected chi connectivity index (χ2v) is 9.49. The van der Waals surface area contributed by atoms with Gasteiger partial charge >= 0.3 is 0 Å². The Hall–Kier alpha value is -2.23. The second-order valence-electron chi connectivity index (χ2n) is 8.49. The van der Waals surface area contributed by atoms with Crippen molar-refractivity contribution in [1.82, 2.24) is 9.80 Å². The number of ether oxygens (including phenoxy) is 3. The van der Waals surface area contributed by atoms with E-state index in [1.54, 1.807) is 24.5 Å². The normalized spacial score (nSPS) is 16.4. The zero-order chi connectivity index (χ0) is 24.3. The van der Waals surface area contributed by atoms with Crippen LogP contribution in [0.5, 0.6) is 5.75 Å². The van der Waals surface area contributed by atoms with Gasteiger partial charge in [-0.15, -0.1) is 17.9 Å². The molecule has 34 heavy (non-hydrogen) atoms. The van der Waals surface area contributed by atoms with Crippen LogP contribution in [0, 0.1) is 6.92 Å². The van der Waals surface area contributed by atoms with Crippen LogP contribution in [0.1, 0.15) is 22.0 Å². The van der Waals surface area contributed by atoms with Gasteiger partial charge in [-0.05, 0) is 48.1 Å². The Labute approximate surface area is 206 Å². The first-order valence-electron chi connectivity index (χ1n) is 11.6. The second kappa shape index (κ2) is 13.6. The summed E-state index contributed by atoms with van der Waals surface area (Å²) in [6.07, 6.45) is 1.79. The lowest BCUT2D eigenvalue weighted by Crippen LogP contribution is -2.48. The van der Waals surface area contributed by atoms with E-state index < -0.39 is 6.10 Å². The number of aryl methyl sites for hydroxylation is 1. The predicted octanol–water partition coefficient (Wildman–Crippen LogP) is 3.07. The van der Waals surface area contributed by atoms with Crippen LogP contribution in [0.15, 0.2) is 48.4 Å². The van der Waals surface area contributed by atoms with Crippen LogP contribution >= 0.6 is 11.3 Å². The summed E-state index contributed by atoms with van der Waals surface area (Å²) in [4.78, 5) is 18.6. The van der Waals surface area contributed by atoms with Gasteiger partial charge in [0.2, 0.25) is 5.91 Å². The van der Waals surface area contributed by atoms with E-state index in [0.29, 0.717) is 39.5 Å². The molecule has 1 aromatic carbocycles. The predicted molar refractivity (Wildman–Crippen MR) is 134 cm³/mol. The topological polar surface area (TPSA) is 71.5 Å². The van der Waals surface area contributed by atoms with Crippen LogP contribution in [-0.4, -0.2) is 86.6 Å². The zero-order valence-electron chi connectivity index (χ0n) is 20.2. The number of aliphatic hydroxyl groups excluding tert-OH is 1. The van der Waals surface area contributed by atoms with Crippen molar-refractivity contribution in [1.29, 1.82) is 0 Å². The number of benzene rings is 1. The summed E-state index contributed by atoms with van der Waals surface area (Å²) in [5, 5.41) is 12.5. The third-order valence-corrected chi connectivity index (χ3v) is 6.79. The van der Waals surface area contributed by atoms with Gasteiger partial charge in [0.15, 0.2) is 0 Å². The number of thiophene rings is 1. The first-order chi connectivity index (χ1) is 16.5. The van der Waals surface area contributed by atoms with E-state index in [1.807, 2.05) is 41.0 Å². The molecule has 0 saturated heterocycles. The van der Waals surface area contributed by atoms with Crippen molar-refractivity contribution in [2.45, 2.75) is 25.5 Å². The molecular formula is C26H36N2O5S. The molecule has 1 aliphatic heterocycles. The largest absolute Gasteiger partial charge is 0.491 e. The maximum Gasteiger partial charge on any atom is 0.237 e. The van der Waals surface area contributed by atoms with E-state index in [1.165, 1.54) is 10.4 Å². The Balaban J connectivity index is 1.68. The molecule has 0 fully saturated rings. The van der Waals surface area contributed by atoms with Crippen molar-refractivity contribution in [2.75, 3.05) is 59.7 Å². The molecule has 0 radical (unpaired) electrons. The molecule has 8 heteroatoms. The number of rotatable bonds is 14. The maximum absolute atomic E-state index is 13.5. The van der Waals surface area contributed by atoms with Gasteiger partial charge in [-0.25, -0.2) is 0 Å². The number of carbonyl (C=O) groups is 1. The van der Waals surface area contributed by atoms with E-state index >= 15 is 0 Å². The average Bonchev–Trinajstić information content (AvgIpc) is 3.30. The van der Waals surface area contributed by atoms with Crippen molar-refractivity contribution < 1.29 is 24.1 Å². The zero-order valence-corrected chi connectivity index (χ0v) is 21.0. The molecule has 1 aromatic heterocycles. The van der Waals surface area contributed by atoms with Crippen LogP contribution in [0.25, 0.3) is 0 Å². The van der Waals surface area contributed by atoms with Crippen LogP contribution < -0.4 is 4.74 Å². The molecule has 7 nitrogen and oxygen atoms in total. The van der Waals surface area contributed by atoms with E-state index in [-0.39, 0.29) is 25.1 Å². The lowest BCUT2D eigenvalue weighted by molar-refractivity contribution is -0.136. The molecule has 3 rings (SSSR count). The highest BCUT2D eigenvalue weighted by atomic mass is 32.1. The number of hydrogen-bond acceptors (Lipinski definition) is 7. The number of fused-ring (bicyclic) bond motifs is 1. The molecule has 0 bridgehead atoms. The molecule has 1 N–H and O–H groups in total. The minimum absolute atomic E-state index is 0.0185. The first kappa shape index (κ1) is 26.4. The van der Waals surface area contributed by atoms with E-state index in [4.69, 9.17) is 14.2 Å². The summed E-state index contributed by atoms with van der Waals surface area (Å²) in [5.74, 6) is 0.823. The van der Waals surface area contributed by atoms with E-state index in [9.17, 15) is 9.90 Å². The standard InChI is InChI=1S/C26H36N2O5S/c1-4-12-32-18-21(29)16-27(11-13-31-3)17-26(30)28-10-8-25-23(9-14-34-25)24(28)19-33-22-7-5-6-20(2)15-22/h4-7,9,14-15,21,24,29H,1,8,10-13,16-19H2,2-3H3/t21-,24+/m1/s1. The highest BCUT2D eigenvalue weighted by Gasteiger charge is 2.33. The number of methoxy groups -OCH3 is 1. The minimum Gasteiger partial charge on any atom is -0.491 e. The third kappa shape index (κ3) is 7.65. The van der Waals surface area contributed by atoms with Crippen molar-refractivity contribution in [2.24, 2.45) is 0 Å². The summed E-state index contributed by atoms with van der Waals surface area (Å²) < 4.78 is 16.7. The summed E-state index contributed by atoms with van der Waals surface area (Å²) >= 11 is 1.74. The first-order valence-corrected chi connectivity index (χ1v) is 12.5. The van der Waals surface area contributed by atoms with Crippen LogP contribution in [0.3, 0.4) is 0 Å². The Morgan fingerprint density at radius 3 is 3.03 bits per heavy atom. The molecule has 0 unspecified atom stereocenters. The monoisotopic (exact) mass is 488 g/mol. The third-order valence-electron chi connectivity index (χ3n) is 5.80. The lowest BCUT2D eigenvalue weighted by Gasteiger charge is -2.37. The fourth-order valence-corrected chi connectivity index (χ4v) is 5.06. The van der Waals surface area contributed by atoms with Gasteiger partial charge in [0, 0.05) is 31.6 Å². The number of amides is 1. The van der Waals surface area contributed by atoms with Crippen molar-refractivity contribution in [3.05, 3.63) is 64.4 Å². The van der Waals surface area contributed by atoms with Gasteiger partial charge in [0.25, 0.3) is 0 Å². The van der Waals surface area contributed by atoms with Gasteiger partial charge in [0.05, 0.1) is 38.5 Å². The summed E-state index contributed by atoms with van der Waals surface area (Å²) in [5.41, 5.74) is 2.30. The van der Waals surface area contributed by atoms with Gasteiger partial charge in [0.1, 0.15) is 12.4 Å². The molecule has 0 saturated carbocycles. The van der Waals surface area contributed by atoms with Crippen LogP contribution in [-0.2, 0) is 20.7 Å². The van der Waals surface area contributed by atoms with Gasteiger partial charge in [-0.3, -0.25) is 9.69 Å².